The Balaban J connectivity index is 1.78. The minimum Gasteiger partial charge on any atom is -0.343 e. The number of hydrogen-bond donors (Lipinski definition) is 1. The van der Waals surface area contributed by atoms with Crippen LogP contribution < -0.4 is 10.2 Å². The fourth-order valence-corrected chi connectivity index (χ4v) is 5.14. The van der Waals surface area contributed by atoms with Crippen LogP contribution >= 0.6 is 11.3 Å². The number of ketones is 1. The molecule has 0 bridgehead atoms. The second-order valence-corrected chi connectivity index (χ2v) is 9.56. The fourth-order valence-electron chi connectivity index (χ4n) is 4.42. The number of Topliss-reactive ketones (excluding diaryl/α,β-unsaturated/α-hetero) is 1. The van der Waals surface area contributed by atoms with Crippen molar-refractivity contribution < 1.29 is 4.79 Å². The van der Waals surface area contributed by atoms with Gasteiger partial charge in [-0.25, -0.2) is 4.98 Å². The minimum absolute atomic E-state index is 0.0270. The molecule has 2 aromatic heterocycles. The van der Waals surface area contributed by atoms with Crippen molar-refractivity contribution in [1.29, 1.82) is 5.26 Å². The van der Waals surface area contributed by atoms with Gasteiger partial charge < -0.3 is 10.2 Å². The van der Waals surface area contributed by atoms with Gasteiger partial charge in [0.25, 0.3) is 0 Å². The molecular weight excluding hydrogens is 416 g/mol. The van der Waals surface area contributed by atoms with Gasteiger partial charge in [0, 0.05) is 36.0 Å². The van der Waals surface area contributed by atoms with E-state index in [1.165, 1.54) is 0 Å². The number of rotatable bonds is 6. The zero-order valence-corrected chi connectivity index (χ0v) is 19.5. The first-order valence-corrected chi connectivity index (χ1v) is 11.9. The third kappa shape index (κ3) is 4.45. The summed E-state index contributed by atoms with van der Waals surface area (Å²) in [6.45, 7) is 7.65. The number of nitriles is 1. The SMILES string of the molecule is CC(C)c1nc(N2CCNC(C)C2C(=O)Cc2cccs2)c(C#N)cc1-c1ccccc1. The van der Waals surface area contributed by atoms with Crippen molar-refractivity contribution in [2.45, 2.75) is 45.2 Å². The summed E-state index contributed by atoms with van der Waals surface area (Å²) in [6.07, 6.45) is 0.395. The maximum Gasteiger partial charge on any atom is 0.162 e. The Labute approximate surface area is 193 Å². The summed E-state index contributed by atoms with van der Waals surface area (Å²) in [5.41, 5.74) is 3.48. The molecule has 32 heavy (non-hydrogen) atoms. The number of carbonyl (C=O) groups excluding carboxylic acids is 1. The van der Waals surface area contributed by atoms with E-state index in [4.69, 9.17) is 4.98 Å². The smallest absolute Gasteiger partial charge is 0.162 e. The summed E-state index contributed by atoms with van der Waals surface area (Å²) < 4.78 is 0. The number of nitrogens with one attached hydrogen (secondary N) is 1. The Bertz CT molecular complexity index is 1120. The molecule has 0 radical (unpaired) electrons. The maximum absolute atomic E-state index is 13.4. The van der Waals surface area contributed by atoms with Gasteiger partial charge in [-0.15, -0.1) is 11.3 Å². The molecule has 0 amide bonds. The summed E-state index contributed by atoms with van der Waals surface area (Å²) in [5.74, 6) is 0.946. The van der Waals surface area contributed by atoms with E-state index in [1.54, 1.807) is 11.3 Å². The standard InChI is InChI=1S/C26H28N4OS/c1-17(2)24-22(19-8-5-4-6-9-19)14-20(16-27)26(29-24)30-12-11-28-18(3)25(30)23(31)15-21-10-7-13-32-21/h4-10,13-14,17-18,25,28H,11-12,15H2,1-3H3. The number of pyridine rings is 1. The number of anilines is 1. The van der Waals surface area contributed by atoms with Crippen LogP contribution in [0.4, 0.5) is 5.82 Å². The summed E-state index contributed by atoms with van der Waals surface area (Å²) in [6, 6.07) is 17.9. The van der Waals surface area contributed by atoms with Gasteiger partial charge in [0.1, 0.15) is 17.9 Å². The van der Waals surface area contributed by atoms with Gasteiger partial charge in [0.05, 0.1) is 11.3 Å². The van der Waals surface area contributed by atoms with E-state index in [0.29, 0.717) is 24.3 Å². The Kier molecular flexibility index (Phi) is 6.69. The van der Waals surface area contributed by atoms with E-state index in [1.807, 2.05) is 60.8 Å². The summed E-state index contributed by atoms with van der Waals surface area (Å²) in [4.78, 5) is 21.5. The van der Waals surface area contributed by atoms with Gasteiger partial charge in [-0.1, -0.05) is 50.2 Å². The van der Waals surface area contributed by atoms with Gasteiger partial charge in [-0.05, 0) is 35.9 Å². The lowest BCUT2D eigenvalue weighted by Crippen LogP contribution is -2.61. The van der Waals surface area contributed by atoms with Crippen LogP contribution in [0.2, 0.25) is 0 Å². The Morgan fingerprint density at radius 3 is 2.72 bits per heavy atom. The number of aromatic nitrogens is 1. The summed E-state index contributed by atoms with van der Waals surface area (Å²) >= 11 is 1.60. The zero-order valence-electron chi connectivity index (χ0n) is 18.7. The number of benzene rings is 1. The lowest BCUT2D eigenvalue weighted by atomic mass is 9.94. The molecule has 3 heterocycles. The van der Waals surface area contributed by atoms with Crippen LogP contribution in [-0.2, 0) is 11.2 Å². The van der Waals surface area contributed by atoms with Crippen LogP contribution in [0, 0.1) is 11.3 Å². The molecule has 5 nitrogen and oxygen atoms in total. The first-order chi connectivity index (χ1) is 15.5. The quantitative estimate of drug-likeness (QED) is 0.592. The van der Waals surface area contributed by atoms with Crippen LogP contribution in [0.1, 0.15) is 42.8 Å². The van der Waals surface area contributed by atoms with Crippen molar-refractivity contribution in [2.75, 3.05) is 18.0 Å². The van der Waals surface area contributed by atoms with E-state index >= 15 is 0 Å². The largest absolute Gasteiger partial charge is 0.343 e. The van der Waals surface area contributed by atoms with Crippen LogP contribution in [0.15, 0.2) is 53.9 Å². The first-order valence-electron chi connectivity index (χ1n) is 11.0. The Hall–Kier alpha value is -3.01. The number of thiophene rings is 1. The molecule has 6 heteroatoms. The van der Waals surface area contributed by atoms with Crippen molar-refractivity contribution in [1.82, 2.24) is 10.3 Å². The zero-order chi connectivity index (χ0) is 22.7. The second kappa shape index (κ2) is 9.64. The van der Waals surface area contributed by atoms with Gasteiger partial charge in [0.15, 0.2) is 5.78 Å². The summed E-state index contributed by atoms with van der Waals surface area (Å²) in [7, 11) is 0. The second-order valence-electron chi connectivity index (χ2n) is 8.53. The predicted molar refractivity (Wildman–Crippen MR) is 130 cm³/mol. The van der Waals surface area contributed by atoms with Crippen molar-refractivity contribution >= 4 is 22.9 Å². The molecule has 4 rings (SSSR count). The molecule has 1 aliphatic rings. The van der Waals surface area contributed by atoms with E-state index in [0.717, 1.165) is 28.2 Å². The highest BCUT2D eigenvalue weighted by molar-refractivity contribution is 7.10. The average Bonchev–Trinajstić information content (AvgIpc) is 3.31. The third-order valence-corrected chi connectivity index (χ3v) is 6.82. The van der Waals surface area contributed by atoms with Crippen LogP contribution in [0.3, 0.4) is 0 Å². The molecular formula is C26H28N4OS. The van der Waals surface area contributed by atoms with Gasteiger partial charge in [-0.3, -0.25) is 4.79 Å². The average molecular weight is 445 g/mol. The number of carbonyl (C=O) groups is 1. The molecule has 0 spiro atoms. The van der Waals surface area contributed by atoms with Crippen molar-refractivity contribution in [3.05, 3.63) is 70.0 Å². The minimum atomic E-state index is -0.368. The van der Waals surface area contributed by atoms with Crippen LogP contribution in [-0.4, -0.2) is 35.9 Å². The molecule has 1 fully saturated rings. The summed E-state index contributed by atoms with van der Waals surface area (Å²) in [5, 5.41) is 15.5. The topological polar surface area (TPSA) is 69.0 Å². The monoisotopic (exact) mass is 444 g/mol. The van der Waals surface area contributed by atoms with Crippen molar-refractivity contribution in [2.24, 2.45) is 0 Å². The first kappa shape index (κ1) is 22.2. The normalized spacial score (nSPS) is 18.5. The predicted octanol–water partition coefficient (Wildman–Crippen LogP) is 4.78. The lowest BCUT2D eigenvalue weighted by Gasteiger charge is -2.41. The Morgan fingerprint density at radius 2 is 2.06 bits per heavy atom. The highest BCUT2D eigenvalue weighted by Crippen LogP contribution is 2.34. The molecule has 164 valence electrons. The maximum atomic E-state index is 13.4. The number of nitrogens with zero attached hydrogens (tertiary/aromatic N) is 3. The highest BCUT2D eigenvalue weighted by atomic mass is 32.1. The molecule has 1 saturated heterocycles. The van der Waals surface area contributed by atoms with Gasteiger partial charge in [-0.2, -0.15) is 5.26 Å². The molecule has 1 aliphatic heterocycles. The Morgan fingerprint density at radius 1 is 1.28 bits per heavy atom. The number of hydrogen-bond acceptors (Lipinski definition) is 6. The molecule has 2 unspecified atom stereocenters. The van der Waals surface area contributed by atoms with E-state index < -0.39 is 0 Å². The van der Waals surface area contributed by atoms with E-state index in [2.05, 4.69) is 30.1 Å². The molecule has 0 saturated carbocycles. The number of piperazine rings is 1. The van der Waals surface area contributed by atoms with Crippen molar-refractivity contribution in [3.8, 4) is 17.2 Å². The van der Waals surface area contributed by atoms with Crippen molar-refractivity contribution in [3.63, 3.8) is 0 Å². The van der Waals surface area contributed by atoms with Gasteiger partial charge in [0.2, 0.25) is 0 Å². The molecule has 1 N–H and O–H groups in total. The van der Waals surface area contributed by atoms with E-state index in [-0.39, 0.29) is 23.8 Å². The van der Waals surface area contributed by atoms with Gasteiger partial charge >= 0.3 is 0 Å². The molecule has 3 aromatic rings. The lowest BCUT2D eigenvalue weighted by molar-refractivity contribution is -0.120. The van der Waals surface area contributed by atoms with E-state index in [9.17, 15) is 10.1 Å². The molecule has 0 aliphatic carbocycles. The third-order valence-electron chi connectivity index (χ3n) is 5.94. The molecule has 1 aromatic carbocycles. The van der Waals surface area contributed by atoms with Crippen LogP contribution in [0.25, 0.3) is 11.1 Å². The fraction of sp³-hybridized carbons (Fsp3) is 0.346. The van der Waals surface area contributed by atoms with Crippen LogP contribution in [0.5, 0.6) is 0 Å². The molecule has 2 atom stereocenters. The highest BCUT2D eigenvalue weighted by Gasteiger charge is 2.36.